The molecule has 0 aliphatic heterocycles. The Morgan fingerprint density at radius 3 is 2.40 bits per heavy atom. The topological polar surface area (TPSA) is 26.3 Å². The fourth-order valence-electron chi connectivity index (χ4n) is 0.247. The number of carbonyl (C=O) groups excluding carboxylic acids is 1. The van der Waals surface area contributed by atoms with E-state index in [4.69, 9.17) is 0 Å². The standard InChI is InChI=1S/C4H4F2I2O2/c5-4(6,8)1-2-10-3(7)9/h1-2H2. The molecule has 0 spiro atoms. The van der Waals surface area contributed by atoms with Crippen molar-refractivity contribution in [2.75, 3.05) is 6.61 Å². The Kier molecular flexibility index (Phi) is 4.99. The van der Waals surface area contributed by atoms with E-state index in [0.717, 1.165) is 22.6 Å². The maximum absolute atomic E-state index is 12.0. The van der Waals surface area contributed by atoms with Crippen LogP contribution in [-0.4, -0.2) is 14.5 Å². The summed E-state index contributed by atoms with van der Waals surface area (Å²) < 4.78 is 24.9. The zero-order valence-corrected chi connectivity index (χ0v) is 9.06. The second kappa shape index (κ2) is 4.62. The van der Waals surface area contributed by atoms with Crippen molar-refractivity contribution in [3.63, 3.8) is 0 Å². The molecule has 10 heavy (non-hydrogen) atoms. The SMILES string of the molecule is O=C(I)OCCC(F)(F)I. The summed E-state index contributed by atoms with van der Waals surface area (Å²) in [5.74, 6) is 0. The molecule has 0 aliphatic carbocycles. The predicted octanol–water partition coefficient (Wildman–Crippen LogP) is 2.98. The fourth-order valence-corrected chi connectivity index (χ4v) is 0.687. The van der Waals surface area contributed by atoms with Gasteiger partial charge in [-0.25, -0.2) is 4.79 Å². The van der Waals surface area contributed by atoms with Crippen molar-refractivity contribution < 1.29 is 18.3 Å². The van der Waals surface area contributed by atoms with Crippen LogP contribution in [0, 0.1) is 0 Å². The molecule has 0 atom stereocenters. The molecule has 0 aliphatic rings. The molecule has 0 heterocycles. The summed E-state index contributed by atoms with van der Waals surface area (Å²) in [5, 5.41) is 0. The lowest BCUT2D eigenvalue weighted by Crippen LogP contribution is -2.09. The van der Waals surface area contributed by atoms with Crippen LogP contribution in [0.4, 0.5) is 13.6 Å². The van der Waals surface area contributed by atoms with Gasteiger partial charge in [0.1, 0.15) is 0 Å². The number of carbonyl (C=O) groups is 1. The minimum atomic E-state index is -2.77. The van der Waals surface area contributed by atoms with Crippen LogP contribution >= 0.6 is 45.2 Å². The Bertz CT molecular complexity index is 123. The largest absolute Gasteiger partial charge is 0.458 e. The van der Waals surface area contributed by atoms with E-state index in [-0.39, 0.29) is 6.61 Å². The van der Waals surface area contributed by atoms with Gasteiger partial charge in [0, 0.05) is 0 Å². The van der Waals surface area contributed by atoms with Gasteiger partial charge in [0.2, 0.25) is 0 Å². The van der Waals surface area contributed by atoms with Crippen LogP contribution in [0.15, 0.2) is 0 Å². The first-order valence-electron chi connectivity index (χ1n) is 2.31. The predicted molar refractivity (Wildman–Crippen MR) is 49.0 cm³/mol. The van der Waals surface area contributed by atoms with E-state index in [9.17, 15) is 13.6 Å². The van der Waals surface area contributed by atoms with Crippen LogP contribution in [0.5, 0.6) is 0 Å². The average Bonchev–Trinajstić information content (AvgIpc) is 1.59. The van der Waals surface area contributed by atoms with E-state index in [1.54, 1.807) is 0 Å². The molecule has 0 fully saturated rings. The van der Waals surface area contributed by atoms with Crippen LogP contribution in [0.2, 0.25) is 0 Å². The summed E-state index contributed by atoms with van der Waals surface area (Å²) in [5.41, 5.74) is 0. The third kappa shape index (κ3) is 8.79. The van der Waals surface area contributed by atoms with Gasteiger partial charge in [0.05, 0.1) is 35.6 Å². The van der Waals surface area contributed by atoms with Crippen molar-refractivity contribution in [3.8, 4) is 0 Å². The number of hydrogen-bond donors (Lipinski definition) is 0. The first kappa shape index (κ1) is 10.8. The Morgan fingerprint density at radius 2 is 2.10 bits per heavy atom. The van der Waals surface area contributed by atoms with Gasteiger partial charge in [-0.2, -0.15) is 8.78 Å². The van der Waals surface area contributed by atoms with Crippen LogP contribution in [0.25, 0.3) is 0 Å². The van der Waals surface area contributed by atoms with Crippen molar-refractivity contribution in [1.29, 1.82) is 0 Å². The van der Waals surface area contributed by atoms with Gasteiger partial charge in [0.25, 0.3) is 3.93 Å². The first-order valence-corrected chi connectivity index (χ1v) is 4.46. The smallest absolute Gasteiger partial charge is 0.367 e. The zero-order valence-electron chi connectivity index (χ0n) is 4.74. The minimum Gasteiger partial charge on any atom is -0.458 e. The van der Waals surface area contributed by atoms with Crippen molar-refractivity contribution in [2.45, 2.75) is 10.4 Å². The summed E-state index contributed by atoms with van der Waals surface area (Å²) in [6, 6.07) is 0. The van der Waals surface area contributed by atoms with Gasteiger partial charge in [-0.05, 0) is 22.6 Å². The van der Waals surface area contributed by atoms with Crippen molar-refractivity contribution in [2.24, 2.45) is 0 Å². The molecular weight excluding hydrogens is 372 g/mol. The van der Waals surface area contributed by atoms with Crippen molar-refractivity contribution in [3.05, 3.63) is 0 Å². The summed E-state index contributed by atoms with van der Waals surface area (Å²) in [6.07, 6.45) is -0.428. The molecule has 0 aromatic rings. The van der Waals surface area contributed by atoms with Crippen LogP contribution in [0.3, 0.4) is 0 Å². The van der Waals surface area contributed by atoms with Crippen LogP contribution < -0.4 is 0 Å². The Balaban J connectivity index is 3.29. The summed E-state index contributed by atoms with van der Waals surface area (Å²) in [6.45, 7) is -0.224. The fraction of sp³-hybridized carbons (Fsp3) is 0.750. The molecule has 6 heteroatoms. The molecule has 0 unspecified atom stereocenters. The Morgan fingerprint density at radius 1 is 1.60 bits per heavy atom. The summed E-state index contributed by atoms with van der Waals surface area (Å²) >= 11 is 2.38. The first-order chi connectivity index (χ1) is 4.42. The lowest BCUT2D eigenvalue weighted by Gasteiger charge is -2.06. The zero-order chi connectivity index (χ0) is 8.20. The molecule has 0 aromatic heterocycles. The van der Waals surface area contributed by atoms with Gasteiger partial charge in [0.15, 0.2) is 0 Å². The van der Waals surface area contributed by atoms with E-state index in [0.29, 0.717) is 0 Å². The molecular formula is C4H4F2I2O2. The highest BCUT2D eigenvalue weighted by Crippen LogP contribution is 2.26. The van der Waals surface area contributed by atoms with E-state index < -0.39 is 14.3 Å². The second-order valence-corrected chi connectivity index (χ2v) is 3.91. The monoisotopic (exact) mass is 376 g/mol. The van der Waals surface area contributed by atoms with E-state index >= 15 is 0 Å². The third-order valence-electron chi connectivity index (χ3n) is 0.601. The highest BCUT2D eigenvalue weighted by atomic mass is 127. The molecule has 2 nitrogen and oxygen atoms in total. The Labute approximate surface area is 84.0 Å². The van der Waals surface area contributed by atoms with Crippen molar-refractivity contribution >= 4 is 49.2 Å². The molecule has 0 saturated heterocycles. The molecule has 0 radical (unpaired) electrons. The van der Waals surface area contributed by atoms with Gasteiger partial charge in [-0.15, -0.1) is 0 Å². The third-order valence-corrected chi connectivity index (χ3v) is 1.45. The second-order valence-electron chi connectivity index (χ2n) is 1.45. The quantitative estimate of drug-likeness (QED) is 0.430. The lowest BCUT2D eigenvalue weighted by molar-refractivity contribution is 0.0850. The summed E-state index contributed by atoms with van der Waals surface area (Å²) in [4.78, 5) is 10.0. The maximum atomic E-state index is 12.0. The molecule has 0 saturated carbocycles. The maximum Gasteiger partial charge on any atom is 0.367 e. The van der Waals surface area contributed by atoms with Gasteiger partial charge >= 0.3 is 3.98 Å². The van der Waals surface area contributed by atoms with Gasteiger partial charge in [-0.3, -0.25) is 0 Å². The van der Waals surface area contributed by atoms with Gasteiger partial charge < -0.3 is 4.74 Å². The summed E-state index contributed by atoms with van der Waals surface area (Å²) in [7, 11) is 0. The molecule has 0 rings (SSSR count). The molecule has 0 bridgehead atoms. The van der Waals surface area contributed by atoms with E-state index in [1.165, 1.54) is 22.6 Å². The number of alkyl halides is 3. The van der Waals surface area contributed by atoms with Crippen molar-refractivity contribution in [1.82, 2.24) is 0 Å². The minimum absolute atomic E-state index is 0.224. The van der Waals surface area contributed by atoms with Crippen LogP contribution in [0.1, 0.15) is 6.42 Å². The molecule has 0 aromatic carbocycles. The number of halogens is 4. The molecule has 0 N–H and O–H groups in total. The lowest BCUT2D eigenvalue weighted by atomic mass is 10.5. The molecule has 0 amide bonds. The number of ether oxygens (including phenoxy) is 1. The average molecular weight is 376 g/mol. The van der Waals surface area contributed by atoms with E-state index in [1.807, 2.05) is 0 Å². The highest BCUT2D eigenvalue weighted by molar-refractivity contribution is 14.1. The number of rotatable bonds is 3. The molecule has 60 valence electrons. The Hall–Kier alpha value is 0.790. The van der Waals surface area contributed by atoms with E-state index in [2.05, 4.69) is 4.74 Å². The normalized spacial score (nSPS) is 11.2. The van der Waals surface area contributed by atoms with Gasteiger partial charge in [-0.1, -0.05) is 0 Å². The van der Waals surface area contributed by atoms with Crippen LogP contribution in [-0.2, 0) is 4.74 Å². The number of hydrogen-bond acceptors (Lipinski definition) is 2. The highest BCUT2D eigenvalue weighted by Gasteiger charge is 2.23.